The van der Waals surface area contributed by atoms with Crippen molar-refractivity contribution in [2.24, 2.45) is 5.41 Å². The second-order valence-electron chi connectivity index (χ2n) is 5.06. The van der Waals surface area contributed by atoms with Crippen LogP contribution in [0, 0.1) is 5.41 Å². The summed E-state index contributed by atoms with van der Waals surface area (Å²) in [5.41, 5.74) is 2.03. The normalized spacial score (nSPS) is 14.2. The number of alkyl halides is 1. The lowest BCUT2D eigenvalue weighted by molar-refractivity contribution is 0.250. The fraction of sp³-hybridized carbons (Fsp3) is 0.500. The Balaban J connectivity index is 2.54. The van der Waals surface area contributed by atoms with Crippen LogP contribution in [0.25, 0.3) is 11.0 Å². The first-order valence-corrected chi connectivity index (χ1v) is 5.93. The summed E-state index contributed by atoms with van der Waals surface area (Å²) in [4.78, 5) is 0. The highest BCUT2D eigenvalue weighted by Gasteiger charge is 2.27. The van der Waals surface area contributed by atoms with Gasteiger partial charge in [0, 0.05) is 5.88 Å². The maximum absolute atomic E-state index is 6.06. The van der Waals surface area contributed by atoms with Gasteiger partial charge in [0.15, 0.2) is 0 Å². The van der Waals surface area contributed by atoms with Gasteiger partial charge in [-0.05, 0) is 17.5 Å². The van der Waals surface area contributed by atoms with Crippen LogP contribution in [-0.4, -0.2) is 20.9 Å². The zero-order chi connectivity index (χ0) is 11.8. The quantitative estimate of drug-likeness (QED) is 0.751. The van der Waals surface area contributed by atoms with Crippen LogP contribution in [0.1, 0.15) is 26.8 Å². The van der Waals surface area contributed by atoms with Crippen molar-refractivity contribution in [2.75, 3.05) is 5.88 Å². The molecule has 2 aromatic rings. The molecular weight excluding hydrogens is 222 g/mol. The average molecular weight is 238 g/mol. The Bertz CT molecular complexity index is 484. The zero-order valence-corrected chi connectivity index (χ0v) is 10.6. The third-order valence-electron chi connectivity index (χ3n) is 2.82. The van der Waals surface area contributed by atoms with Crippen LogP contribution in [0.4, 0.5) is 0 Å². The summed E-state index contributed by atoms with van der Waals surface area (Å²) in [6, 6.07) is 8.11. The van der Waals surface area contributed by atoms with Gasteiger partial charge in [-0.2, -0.15) is 0 Å². The van der Waals surface area contributed by atoms with Gasteiger partial charge in [-0.3, -0.25) is 0 Å². The Labute approximate surface area is 100 Å². The number of hydrogen-bond donors (Lipinski definition) is 0. The van der Waals surface area contributed by atoms with Crippen molar-refractivity contribution in [3.05, 3.63) is 24.3 Å². The third kappa shape index (κ3) is 1.92. The Morgan fingerprint density at radius 2 is 2.00 bits per heavy atom. The first kappa shape index (κ1) is 11.4. The largest absolute Gasteiger partial charge is 0.240 e. The van der Waals surface area contributed by atoms with E-state index in [0.717, 1.165) is 11.0 Å². The molecule has 1 unspecified atom stereocenters. The van der Waals surface area contributed by atoms with Crippen molar-refractivity contribution in [3.63, 3.8) is 0 Å². The van der Waals surface area contributed by atoms with Gasteiger partial charge in [-0.1, -0.05) is 38.1 Å². The number of fused-ring (bicyclic) bond motifs is 1. The number of para-hydroxylation sites is 1. The molecular formula is C12H16ClN3. The molecule has 0 fully saturated rings. The van der Waals surface area contributed by atoms with Crippen molar-refractivity contribution >= 4 is 22.6 Å². The van der Waals surface area contributed by atoms with Gasteiger partial charge in [-0.15, -0.1) is 16.7 Å². The molecule has 0 amide bonds. The molecule has 0 spiro atoms. The molecule has 16 heavy (non-hydrogen) atoms. The molecule has 1 atom stereocenters. The van der Waals surface area contributed by atoms with Crippen LogP contribution in [0.3, 0.4) is 0 Å². The number of halogens is 1. The van der Waals surface area contributed by atoms with Gasteiger partial charge in [0.1, 0.15) is 5.52 Å². The highest BCUT2D eigenvalue weighted by molar-refractivity contribution is 6.18. The molecule has 2 rings (SSSR count). The molecule has 0 aliphatic carbocycles. The maximum atomic E-state index is 6.06. The Morgan fingerprint density at radius 1 is 1.31 bits per heavy atom. The zero-order valence-electron chi connectivity index (χ0n) is 9.81. The van der Waals surface area contributed by atoms with Gasteiger partial charge < -0.3 is 0 Å². The molecule has 0 saturated carbocycles. The van der Waals surface area contributed by atoms with Crippen molar-refractivity contribution < 1.29 is 0 Å². The van der Waals surface area contributed by atoms with Crippen molar-refractivity contribution in [3.8, 4) is 0 Å². The molecule has 0 aliphatic rings. The number of nitrogens with zero attached hydrogens (tertiary/aromatic N) is 3. The molecule has 1 heterocycles. The molecule has 0 bridgehead atoms. The topological polar surface area (TPSA) is 30.7 Å². The summed E-state index contributed by atoms with van der Waals surface area (Å²) in [6.45, 7) is 6.49. The van der Waals surface area contributed by atoms with Crippen molar-refractivity contribution in [2.45, 2.75) is 26.8 Å². The summed E-state index contributed by atoms with van der Waals surface area (Å²) in [5, 5.41) is 8.37. The SMILES string of the molecule is CC(C)(C)C(CCl)n1nnc2ccccc21. The molecule has 0 N–H and O–H groups in total. The second-order valence-corrected chi connectivity index (χ2v) is 5.37. The summed E-state index contributed by atoms with van der Waals surface area (Å²) in [6.07, 6.45) is 0. The Hall–Kier alpha value is -1.09. The number of benzene rings is 1. The standard InChI is InChI=1S/C12H16ClN3/c1-12(2,3)11(8-13)16-10-7-5-4-6-9(10)14-15-16/h4-7,11H,8H2,1-3H3. The van der Waals surface area contributed by atoms with Crippen molar-refractivity contribution in [1.82, 2.24) is 15.0 Å². The van der Waals surface area contributed by atoms with E-state index in [2.05, 4.69) is 31.1 Å². The van der Waals surface area contributed by atoms with Crippen molar-refractivity contribution in [1.29, 1.82) is 0 Å². The molecule has 0 aliphatic heterocycles. The lowest BCUT2D eigenvalue weighted by atomic mass is 9.88. The lowest BCUT2D eigenvalue weighted by Gasteiger charge is -2.29. The van der Waals surface area contributed by atoms with Gasteiger partial charge in [0.25, 0.3) is 0 Å². The van der Waals surface area contributed by atoms with E-state index in [0.29, 0.717) is 5.88 Å². The van der Waals surface area contributed by atoms with E-state index < -0.39 is 0 Å². The summed E-state index contributed by atoms with van der Waals surface area (Å²) < 4.78 is 1.93. The minimum atomic E-state index is 0.0677. The van der Waals surface area contributed by atoms with Crippen LogP contribution >= 0.6 is 11.6 Å². The highest BCUT2D eigenvalue weighted by atomic mass is 35.5. The minimum Gasteiger partial charge on any atom is -0.240 e. The molecule has 86 valence electrons. The molecule has 4 heteroatoms. The van der Waals surface area contributed by atoms with Gasteiger partial charge >= 0.3 is 0 Å². The Kier molecular flexibility index (Phi) is 2.89. The van der Waals surface area contributed by atoms with E-state index in [4.69, 9.17) is 11.6 Å². The summed E-state index contributed by atoms with van der Waals surface area (Å²) >= 11 is 6.06. The fourth-order valence-corrected chi connectivity index (χ4v) is 2.37. The van der Waals surface area contributed by atoms with E-state index in [1.54, 1.807) is 0 Å². The van der Waals surface area contributed by atoms with Crippen LogP contribution in [0.2, 0.25) is 0 Å². The van der Waals surface area contributed by atoms with E-state index in [-0.39, 0.29) is 11.5 Å². The van der Waals surface area contributed by atoms with Gasteiger partial charge in [0.2, 0.25) is 0 Å². The average Bonchev–Trinajstić information content (AvgIpc) is 2.61. The molecule has 1 aromatic heterocycles. The first-order chi connectivity index (χ1) is 7.54. The molecule has 1 aromatic carbocycles. The van der Waals surface area contributed by atoms with Crippen LogP contribution in [-0.2, 0) is 0 Å². The highest BCUT2D eigenvalue weighted by Crippen LogP contribution is 2.32. The monoisotopic (exact) mass is 237 g/mol. The van der Waals surface area contributed by atoms with Crippen LogP contribution < -0.4 is 0 Å². The number of aromatic nitrogens is 3. The lowest BCUT2D eigenvalue weighted by Crippen LogP contribution is -2.26. The summed E-state index contributed by atoms with van der Waals surface area (Å²) in [5.74, 6) is 0.539. The molecule has 0 radical (unpaired) electrons. The summed E-state index contributed by atoms with van der Waals surface area (Å²) in [7, 11) is 0. The maximum Gasteiger partial charge on any atom is 0.113 e. The Morgan fingerprint density at radius 3 is 2.62 bits per heavy atom. The van der Waals surface area contributed by atoms with E-state index in [1.807, 2.05) is 28.9 Å². The third-order valence-corrected chi connectivity index (χ3v) is 3.11. The number of rotatable bonds is 2. The predicted octanol–water partition coefficient (Wildman–Crippen LogP) is 3.26. The fourth-order valence-electron chi connectivity index (χ4n) is 1.78. The first-order valence-electron chi connectivity index (χ1n) is 5.40. The number of hydrogen-bond acceptors (Lipinski definition) is 2. The van der Waals surface area contributed by atoms with E-state index >= 15 is 0 Å². The predicted molar refractivity (Wildman–Crippen MR) is 66.7 cm³/mol. The minimum absolute atomic E-state index is 0.0677. The van der Waals surface area contributed by atoms with Crippen LogP contribution in [0.15, 0.2) is 24.3 Å². The van der Waals surface area contributed by atoms with E-state index in [1.165, 1.54) is 0 Å². The van der Waals surface area contributed by atoms with Gasteiger partial charge in [0.05, 0.1) is 11.6 Å². The second kappa shape index (κ2) is 4.06. The van der Waals surface area contributed by atoms with Gasteiger partial charge in [-0.25, -0.2) is 4.68 Å². The van der Waals surface area contributed by atoms with E-state index in [9.17, 15) is 0 Å². The molecule has 0 saturated heterocycles. The van der Waals surface area contributed by atoms with Crippen LogP contribution in [0.5, 0.6) is 0 Å². The smallest absolute Gasteiger partial charge is 0.113 e. The molecule has 3 nitrogen and oxygen atoms in total.